The SMILES string of the molecule is CCc1nc(-c2cc(F)ccc2F)sc1CNC1CC1. The molecule has 2 nitrogen and oxygen atoms in total. The summed E-state index contributed by atoms with van der Waals surface area (Å²) < 4.78 is 27.1. The van der Waals surface area contributed by atoms with Crippen molar-refractivity contribution in [1.29, 1.82) is 0 Å². The zero-order chi connectivity index (χ0) is 14.1. The molecule has 3 rings (SSSR count). The molecule has 0 amide bonds. The Hall–Kier alpha value is -1.33. The predicted molar refractivity (Wildman–Crippen MR) is 76.7 cm³/mol. The number of hydrogen-bond donors (Lipinski definition) is 1. The van der Waals surface area contributed by atoms with E-state index in [0.29, 0.717) is 11.0 Å². The van der Waals surface area contributed by atoms with E-state index in [4.69, 9.17) is 0 Å². The lowest BCUT2D eigenvalue weighted by Crippen LogP contribution is -2.15. The van der Waals surface area contributed by atoms with Gasteiger partial charge in [-0.05, 0) is 37.5 Å². The molecule has 0 spiro atoms. The third-order valence-electron chi connectivity index (χ3n) is 3.40. The minimum atomic E-state index is -0.438. The van der Waals surface area contributed by atoms with Crippen LogP contribution in [-0.2, 0) is 13.0 Å². The van der Waals surface area contributed by atoms with E-state index in [0.717, 1.165) is 35.7 Å². The molecule has 20 heavy (non-hydrogen) atoms. The number of nitrogens with one attached hydrogen (secondary N) is 1. The maximum atomic E-state index is 13.8. The molecule has 1 N–H and O–H groups in total. The average Bonchev–Trinajstić information content (AvgIpc) is 3.18. The fourth-order valence-corrected chi connectivity index (χ4v) is 3.22. The first-order valence-corrected chi connectivity index (χ1v) is 7.66. The monoisotopic (exact) mass is 294 g/mol. The lowest BCUT2D eigenvalue weighted by molar-refractivity contribution is 0.603. The Morgan fingerprint density at radius 3 is 2.85 bits per heavy atom. The maximum absolute atomic E-state index is 13.8. The summed E-state index contributed by atoms with van der Waals surface area (Å²) >= 11 is 1.45. The van der Waals surface area contributed by atoms with Gasteiger partial charge in [0.05, 0.1) is 5.69 Å². The number of thiazole rings is 1. The highest BCUT2D eigenvalue weighted by Crippen LogP contribution is 2.31. The molecule has 2 aromatic rings. The van der Waals surface area contributed by atoms with Gasteiger partial charge in [0, 0.05) is 23.0 Å². The van der Waals surface area contributed by atoms with E-state index in [1.54, 1.807) is 0 Å². The number of aryl methyl sites for hydroxylation is 1. The van der Waals surface area contributed by atoms with Crippen molar-refractivity contribution < 1.29 is 8.78 Å². The number of benzene rings is 1. The van der Waals surface area contributed by atoms with Gasteiger partial charge in [0.1, 0.15) is 16.6 Å². The van der Waals surface area contributed by atoms with E-state index in [1.165, 1.54) is 30.2 Å². The van der Waals surface area contributed by atoms with Crippen LogP contribution in [0.2, 0.25) is 0 Å². The minimum absolute atomic E-state index is 0.252. The van der Waals surface area contributed by atoms with Gasteiger partial charge >= 0.3 is 0 Å². The molecule has 1 aromatic heterocycles. The fourth-order valence-electron chi connectivity index (χ4n) is 2.10. The first-order chi connectivity index (χ1) is 9.67. The molecule has 1 aromatic carbocycles. The van der Waals surface area contributed by atoms with E-state index in [-0.39, 0.29) is 5.56 Å². The van der Waals surface area contributed by atoms with Crippen molar-refractivity contribution in [2.75, 3.05) is 0 Å². The number of aromatic nitrogens is 1. The summed E-state index contributed by atoms with van der Waals surface area (Å²) in [5.41, 5.74) is 1.23. The molecule has 5 heteroatoms. The Kier molecular flexibility index (Phi) is 3.81. The Morgan fingerprint density at radius 1 is 1.35 bits per heavy atom. The van der Waals surface area contributed by atoms with E-state index in [2.05, 4.69) is 10.3 Å². The van der Waals surface area contributed by atoms with Crippen molar-refractivity contribution in [1.82, 2.24) is 10.3 Å². The first-order valence-electron chi connectivity index (χ1n) is 6.84. The second-order valence-corrected chi connectivity index (χ2v) is 6.11. The topological polar surface area (TPSA) is 24.9 Å². The standard InChI is InChI=1S/C15H16F2N2S/c1-2-13-14(8-18-10-4-5-10)20-15(19-13)11-7-9(16)3-6-12(11)17/h3,6-7,10,18H,2,4-5,8H2,1H3. The molecular weight excluding hydrogens is 278 g/mol. The summed E-state index contributed by atoms with van der Waals surface area (Å²) in [5, 5.41) is 4.00. The molecule has 0 radical (unpaired) electrons. The van der Waals surface area contributed by atoms with Crippen LogP contribution >= 0.6 is 11.3 Å². The van der Waals surface area contributed by atoms with Crippen LogP contribution in [-0.4, -0.2) is 11.0 Å². The van der Waals surface area contributed by atoms with Crippen LogP contribution < -0.4 is 5.32 Å². The number of nitrogens with zero attached hydrogens (tertiary/aromatic N) is 1. The van der Waals surface area contributed by atoms with E-state index >= 15 is 0 Å². The quantitative estimate of drug-likeness (QED) is 0.904. The fraction of sp³-hybridized carbons (Fsp3) is 0.400. The lowest BCUT2D eigenvalue weighted by atomic mass is 10.2. The molecule has 1 aliphatic carbocycles. The first kappa shape index (κ1) is 13.6. The van der Waals surface area contributed by atoms with Crippen molar-refractivity contribution in [2.45, 2.75) is 38.8 Å². The Morgan fingerprint density at radius 2 is 2.15 bits per heavy atom. The van der Waals surface area contributed by atoms with E-state index in [1.807, 2.05) is 6.92 Å². The van der Waals surface area contributed by atoms with Gasteiger partial charge in [0.15, 0.2) is 0 Å². The van der Waals surface area contributed by atoms with Crippen LogP contribution in [0.1, 0.15) is 30.3 Å². The van der Waals surface area contributed by atoms with Gasteiger partial charge < -0.3 is 5.32 Å². The molecule has 1 saturated carbocycles. The van der Waals surface area contributed by atoms with Crippen molar-refractivity contribution in [3.05, 3.63) is 40.4 Å². The van der Waals surface area contributed by atoms with Gasteiger partial charge in [-0.1, -0.05) is 6.92 Å². The van der Waals surface area contributed by atoms with Crippen LogP contribution in [0.5, 0.6) is 0 Å². The molecule has 1 aliphatic rings. The summed E-state index contributed by atoms with van der Waals surface area (Å²) in [6.45, 7) is 2.80. The molecule has 0 atom stereocenters. The highest BCUT2D eigenvalue weighted by Gasteiger charge is 2.22. The van der Waals surface area contributed by atoms with Crippen LogP contribution in [0, 0.1) is 11.6 Å². The molecule has 106 valence electrons. The van der Waals surface area contributed by atoms with Gasteiger partial charge in [0.25, 0.3) is 0 Å². The van der Waals surface area contributed by atoms with Gasteiger partial charge in [-0.25, -0.2) is 13.8 Å². The third kappa shape index (κ3) is 2.88. The number of rotatable bonds is 5. The summed E-state index contributed by atoms with van der Waals surface area (Å²) in [7, 11) is 0. The molecule has 0 bridgehead atoms. The van der Waals surface area contributed by atoms with Gasteiger partial charge in [-0.15, -0.1) is 11.3 Å². The summed E-state index contributed by atoms with van der Waals surface area (Å²) in [5.74, 6) is -0.864. The maximum Gasteiger partial charge on any atom is 0.133 e. The Balaban J connectivity index is 1.90. The Bertz CT molecular complexity index is 620. The van der Waals surface area contributed by atoms with Crippen LogP contribution in [0.4, 0.5) is 8.78 Å². The van der Waals surface area contributed by atoms with Crippen molar-refractivity contribution >= 4 is 11.3 Å². The average molecular weight is 294 g/mol. The largest absolute Gasteiger partial charge is 0.309 e. The zero-order valence-corrected chi connectivity index (χ0v) is 12.1. The molecule has 0 unspecified atom stereocenters. The van der Waals surface area contributed by atoms with Gasteiger partial charge in [-0.3, -0.25) is 0 Å². The number of halogens is 2. The summed E-state index contributed by atoms with van der Waals surface area (Å²) in [4.78, 5) is 5.59. The minimum Gasteiger partial charge on any atom is -0.309 e. The molecule has 1 fully saturated rings. The summed E-state index contributed by atoms with van der Waals surface area (Å²) in [6.07, 6.45) is 3.26. The second-order valence-electron chi connectivity index (χ2n) is 5.02. The van der Waals surface area contributed by atoms with Crippen molar-refractivity contribution in [3.63, 3.8) is 0 Å². The van der Waals surface area contributed by atoms with Crippen LogP contribution in [0.25, 0.3) is 10.6 Å². The smallest absolute Gasteiger partial charge is 0.133 e. The predicted octanol–water partition coefficient (Wildman–Crippen LogP) is 3.90. The highest BCUT2D eigenvalue weighted by atomic mass is 32.1. The van der Waals surface area contributed by atoms with Gasteiger partial charge in [-0.2, -0.15) is 0 Å². The van der Waals surface area contributed by atoms with Crippen LogP contribution in [0.15, 0.2) is 18.2 Å². The summed E-state index contributed by atoms with van der Waals surface area (Å²) in [6, 6.07) is 4.12. The molecule has 0 saturated heterocycles. The molecule has 1 heterocycles. The van der Waals surface area contributed by atoms with Crippen molar-refractivity contribution in [3.8, 4) is 10.6 Å². The zero-order valence-electron chi connectivity index (χ0n) is 11.2. The van der Waals surface area contributed by atoms with Crippen LogP contribution in [0.3, 0.4) is 0 Å². The van der Waals surface area contributed by atoms with E-state index < -0.39 is 11.6 Å². The molecular formula is C15H16F2N2S. The highest BCUT2D eigenvalue weighted by molar-refractivity contribution is 7.15. The molecule has 0 aliphatic heterocycles. The van der Waals surface area contributed by atoms with E-state index in [9.17, 15) is 8.78 Å². The number of hydrogen-bond acceptors (Lipinski definition) is 3. The third-order valence-corrected chi connectivity index (χ3v) is 4.53. The van der Waals surface area contributed by atoms with Gasteiger partial charge in [0.2, 0.25) is 0 Å². The second kappa shape index (κ2) is 5.58. The Labute approximate surface area is 120 Å². The lowest BCUT2D eigenvalue weighted by Gasteiger charge is -2.00. The normalized spacial score (nSPS) is 14.8. The van der Waals surface area contributed by atoms with Crippen molar-refractivity contribution in [2.24, 2.45) is 0 Å².